The first-order valence-corrected chi connectivity index (χ1v) is 12.0. The number of nitrogens with zero attached hydrogens (tertiary/aromatic N) is 3. The molecule has 0 spiro atoms. The van der Waals surface area contributed by atoms with Crippen LogP contribution in [0.5, 0.6) is 5.88 Å². The van der Waals surface area contributed by atoms with Crippen LogP contribution >= 0.6 is 46.7 Å². The monoisotopic (exact) mass is 484 g/mol. The zero-order chi connectivity index (χ0) is 21.5. The molecule has 2 aromatic carbocycles. The SMILES string of the molecule is O=C(CSc1nc2ccccc2s1)Nn1c(O)c(C2=c3ccccc3=NC2=O)sc1=S. The number of nitrogens with one attached hydrogen (secondary N) is 1. The maximum Gasteiger partial charge on any atom is 0.279 e. The number of aromatic nitrogens is 2. The molecule has 0 aliphatic carbocycles. The molecule has 5 rings (SSSR count). The van der Waals surface area contributed by atoms with Gasteiger partial charge in [-0.3, -0.25) is 15.0 Å². The van der Waals surface area contributed by atoms with Gasteiger partial charge in [0.05, 0.1) is 26.9 Å². The number of thioether (sulfide) groups is 1. The van der Waals surface area contributed by atoms with E-state index in [2.05, 4.69) is 15.4 Å². The molecule has 2 amide bonds. The van der Waals surface area contributed by atoms with Gasteiger partial charge in [0.25, 0.3) is 5.91 Å². The summed E-state index contributed by atoms with van der Waals surface area (Å²) in [5.74, 6) is -0.992. The topological polar surface area (TPSA) is 96.6 Å². The quantitative estimate of drug-likeness (QED) is 0.334. The Morgan fingerprint density at radius 2 is 1.94 bits per heavy atom. The average Bonchev–Trinajstić information content (AvgIpc) is 3.40. The van der Waals surface area contributed by atoms with E-state index >= 15 is 0 Å². The van der Waals surface area contributed by atoms with E-state index in [-0.39, 0.29) is 31.9 Å². The lowest BCUT2D eigenvalue weighted by atomic mass is 10.1. The highest BCUT2D eigenvalue weighted by atomic mass is 32.2. The molecule has 0 atom stereocenters. The lowest BCUT2D eigenvalue weighted by molar-refractivity contribution is -0.115. The van der Waals surface area contributed by atoms with Crippen LogP contribution in [0.2, 0.25) is 0 Å². The third-order valence-corrected chi connectivity index (χ3v) is 8.02. The molecule has 0 unspecified atom stereocenters. The second kappa shape index (κ2) is 8.00. The molecule has 0 bridgehead atoms. The van der Waals surface area contributed by atoms with Gasteiger partial charge in [0.2, 0.25) is 11.8 Å². The molecule has 31 heavy (non-hydrogen) atoms. The van der Waals surface area contributed by atoms with Crippen LogP contribution in [0.25, 0.3) is 15.8 Å². The van der Waals surface area contributed by atoms with Crippen LogP contribution in [0.1, 0.15) is 4.88 Å². The van der Waals surface area contributed by atoms with Gasteiger partial charge >= 0.3 is 0 Å². The molecule has 0 fully saturated rings. The Morgan fingerprint density at radius 3 is 2.77 bits per heavy atom. The Hall–Kier alpha value is -2.86. The molecular weight excluding hydrogens is 473 g/mol. The Bertz CT molecular complexity index is 1520. The highest BCUT2D eigenvalue weighted by molar-refractivity contribution is 8.01. The summed E-state index contributed by atoms with van der Waals surface area (Å²) in [5, 5.41) is 11.9. The highest BCUT2D eigenvalue weighted by Gasteiger charge is 2.25. The molecular formula is C20H12N4O3S4. The molecule has 2 N–H and O–H groups in total. The fraction of sp³-hybridized carbons (Fsp3) is 0.0500. The van der Waals surface area contributed by atoms with Crippen LogP contribution in [0.4, 0.5) is 0 Å². The van der Waals surface area contributed by atoms with Crippen molar-refractivity contribution in [2.24, 2.45) is 4.99 Å². The van der Waals surface area contributed by atoms with Gasteiger partial charge in [-0.05, 0) is 30.4 Å². The zero-order valence-corrected chi connectivity index (χ0v) is 18.8. The summed E-state index contributed by atoms with van der Waals surface area (Å²) >= 11 is 9.17. The van der Waals surface area contributed by atoms with Gasteiger partial charge < -0.3 is 5.11 Å². The molecule has 154 valence electrons. The summed E-state index contributed by atoms with van der Waals surface area (Å²) in [6.45, 7) is 0. The fourth-order valence-electron chi connectivity index (χ4n) is 3.11. The van der Waals surface area contributed by atoms with Crippen molar-refractivity contribution >= 4 is 74.3 Å². The fourth-order valence-corrected chi connectivity index (χ4v) is 6.23. The van der Waals surface area contributed by atoms with Gasteiger partial charge in [-0.1, -0.05) is 53.4 Å². The number of thiazole rings is 2. The molecule has 7 nitrogen and oxygen atoms in total. The number of fused-ring (bicyclic) bond motifs is 2. The minimum atomic E-state index is -0.447. The van der Waals surface area contributed by atoms with E-state index in [4.69, 9.17) is 12.2 Å². The van der Waals surface area contributed by atoms with Gasteiger partial charge in [0.15, 0.2) is 8.29 Å². The Balaban J connectivity index is 1.38. The molecule has 1 aliphatic heterocycles. The van der Waals surface area contributed by atoms with Crippen LogP contribution in [-0.2, 0) is 9.59 Å². The first-order valence-electron chi connectivity index (χ1n) is 8.97. The third kappa shape index (κ3) is 3.69. The number of aromatic hydroxyl groups is 1. The van der Waals surface area contributed by atoms with Gasteiger partial charge in [-0.15, -0.1) is 11.3 Å². The summed E-state index contributed by atoms with van der Waals surface area (Å²) in [6.07, 6.45) is 0. The van der Waals surface area contributed by atoms with Crippen LogP contribution < -0.4 is 16.0 Å². The summed E-state index contributed by atoms with van der Waals surface area (Å²) in [5.41, 5.74) is 3.77. The van der Waals surface area contributed by atoms with Crippen molar-refractivity contribution in [3.63, 3.8) is 0 Å². The summed E-state index contributed by atoms with van der Waals surface area (Å²) < 4.78 is 3.17. The van der Waals surface area contributed by atoms with Crippen LogP contribution in [0, 0.1) is 3.95 Å². The van der Waals surface area contributed by atoms with E-state index in [1.54, 1.807) is 24.3 Å². The Kier molecular flexibility index (Phi) is 5.18. The standard InChI is InChI=1S/C20H12N4O3S4/c25-14(9-29-19-22-12-7-3-4-8-13(12)30-19)23-24-18(27)16(31-20(24)28)15-10-5-1-2-6-11(10)21-17(15)26/h1-8,27H,9H2,(H,23,25). The summed E-state index contributed by atoms with van der Waals surface area (Å²) in [4.78, 5) is 33.7. The number of para-hydroxylation sites is 2. The number of rotatable bonds is 5. The molecule has 0 radical (unpaired) electrons. The van der Waals surface area contributed by atoms with Gasteiger partial charge in [-0.2, -0.15) is 4.68 Å². The smallest absolute Gasteiger partial charge is 0.279 e. The predicted octanol–water partition coefficient (Wildman–Crippen LogP) is 2.82. The van der Waals surface area contributed by atoms with E-state index in [9.17, 15) is 14.7 Å². The number of amides is 2. The molecule has 0 saturated heterocycles. The van der Waals surface area contributed by atoms with Crippen molar-refractivity contribution in [1.82, 2.24) is 9.66 Å². The molecule has 0 saturated carbocycles. The Labute approximate surface area is 192 Å². The van der Waals surface area contributed by atoms with Crippen molar-refractivity contribution in [2.45, 2.75) is 4.34 Å². The minimum Gasteiger partial charge on any atom is -0.492 e. The van der Waals surface area contributed by atoms with Crippen molar-refractivity contribution in [1.29, 1.82) is 0 Å². The van der Waals surface area contributed by atoms with Crippen molar-refractivity contribution < 1.29 is 14.7 Å². The van der Waals surface area contributed by atoms with Crippen LogP contribution in [-0.4, -0.2) is 32.3 Å². The van der Waals surface area contributed by atoms with Crippen molar-refractivity contribution in [3.05, 3.63) is 67.9 Å². The molecule has 11 heteroatoms. The molecule has 2 aromatic heterocycles. The highest BCUT2D eigenvalue weighted by Crippen LogP contribution is 2.32. The van der Waals surface area contributed by atoms with Crippen LogP contribution in [0.15, 0.2) is 57.9 Å². The lowest BCUT2D eigenvalue weighted by Gasteiger charge is -2.07. The Morgan fingerprint density at radius 1 is 1.16 bits per heavy atom. The van der Waals surface area contributed by atoms with Crippen molar-refractivity contribution in [2.75, 3.05) is 11.2 Å². The van der Waals surface area contributed by atoms with E-state index in [0.29, 0.717) is 10.6 Å². The van der Waals surface area contributed by atoms with E-state index < -0.39 is 5.91 Å². The molecule has 3 heterocycles. The molecule has 1 aliphatic rings. The number of hydrogen-bond acceptors (Lipinski definition) is 8. The van der Waals surface area contributed by atoms with Gasteiger partial charge in [0.1, 0.15) is 4.88 Å². The number of carbonyl (C=O) groups is 2. The normalized spacial score (nSPS) is 12.8. The van der Waals surface area contributed by atoms with Gasteiger partial charge in [-0.25, -0.2) is 9.98 Å². The first-order chi connectivity index (χ1) is 15.0. The second-order valence-electron chi connectivity index (χ2n) is 6.44. The van der Waals surface area contributed by atoms with Gasteiger partial charge in [0, 0.05) is 5.22 Å². The predicted molar refractivity (Wildman–Crippen MR) is 124 cm³/mol. The maximum absolute atomic E-state index is 12.5. The average molecular weight is 485 g/mol. The zero-order valence-electron chi connectivity index (χ0n) is 15.6. The van der Waals surface area contributed by atoms with E-state index in [1.807, 2.05) is 24.3 Å². The minimum absolute atomic E-state index is 0.0971. The molecule has 4 aromatic rings. The number of benzene rings is 2. The maximum atomic E-state index is 12.5. The summed E-state index contributed by atoms with van der Waals surface area (Å²) in [7, 11) is 0. The summed E-state index contributed by atoms with van der Waals surface area (Å²) in [6, 6.07) is 14.8. The number of carbonyl (C=O) groups excluding carboxylic acids is 2. The lowest BCUT2D eigenvalue weighted by Crippen LogP contribution is -2.24. The third-order valence-electron chi connectivity index (χ3n) is 4.46. The first kappa shape index (κ1) is 20.1. The van der Waals surface area contributed by atoms with Crippen LogP contribution in [0.3, 0.4) is 0 Å². The van der Waals surface area contributed by atoms with E-state index in [0.717, 1.165) is 30.6 Å². The van der Waals surface area contributed by atoms with E-state index in [1.165, 1.54) is 23.1 Å². The largest absolute Gasteiger partial charge is 0.492 e. The van der Waals surface area contributed by atoms with Crippen molar-refractivity contribution in [3.8, 4) is 5.88 Å². The second-order valence-corrected chi connectivity index (χ2v) is 10.3. The number of hydrogen-bond donors (Lipinski definition) is 2.